The Morgan fingerprint density at radius 2 is 1.68 bits per heavy atom. The number of aliphatic hydroxyl groups excluding tert-OH is 1. The summed E-state index contributed by atoms with van der Waals surface area (Å²) in [4.78, 5) is 13.5. The summed E-state index contributed by atoms with van der Waals surface area (Å²) in [6, 6.07) is 15.4. The van der Waals surface area contributed by atoms with Gasteiger partial charge in [0, 0.05) is 60.9 Å². The van der Waals surface area contributed by atoms with Gasteiger partial charge in [0.1, 0.15) is 23.3 Å². The van der Waals surface area contributed by atoms with E-state index in [4.69, 9.17) is 5.73 Å². The second-order valence-electron chi connectivity index (χ2n) is 9.55. The molecule has 0 saturated carbocycles. The topological polar surface area (TPSA) is 80.3 Å². The summed E-state index contributed by atoms with van der Waals surface area (Å²) in [5.41, 5.74) is 9.82. The second kappa shape index (κ2) is 12.0. The second-order valence-corrected chi connectivity index (χ2v) is 11.8. The number of benzene rings is 2. The Bertz CT molecular complexity index is 1400. The molecule has 0 fully saturated rings. The molecule has 0 bridgehead atoms. The third-order valence-corrected chi connectivity index (χ3v) is 9.80. The van der Waals surface area contributed by atoms with Crippen LogP contribution in [0.1, 0.15) is 49.7 Å². The molecule has 0 saturated heterocycles. The maximum absolute atomic E-state index is 14.1. The number of aliphatic hydroxyl groups is 1. The van der Waals surface area contributed by atoms with Crippen LogP contribution in [0, 0.1) is 25.5 Å². The number of amides is 1. The molecule has 0 spiro atoms. The van der Waals surface area contributed by atoms with E-state index in [9.17, 15) is 18.7 Å². The number of thiophene rings is 1. The van der Waals surface area contributed by atoms with Gasteiger partial charge in [-0.25, -0.2) is 8.78 Å². The number of nitrogens with one attached hydrogen (secondary N) is 1. The Morgan fingerprint density at radius 3 is 2.32 bits per heavy atom. The van der Waals surface area contributed by atoms with Crippen LogP contribution in [0.2, 0.25) is 0 Å². The van der Waals surface area contributed by atoms with Crippen molar-refractivity contribution in [2.24, 2.45) is 5.73 Å². The van der Waals surface area contributed by atoms with Gasteiger partial charge in [-0.3, -0.25) is 9.36 Å². The van der Waals surface area contributed by atoms with Gasteiger partial charge in [0.2, 0.25) is 0 Å². The molecule has 8 heteroatoms. The summed E-state index contributed by atoms with van der Waals surface area (Å²) in [7, 11) is -0.768. The third-order valence-electron chi connectivity index (χ3n) is 6.91. The van der Waals surface area contributed by atoms with Crippen LogP contribution in [0.4, 0.5) is 8.78 Å². The lowest BCUT2D eigenvalue weighted by Crippen LogP contribution is -2.31. The third kappa shape index (κ3) is 6.04. The van der Waals surface area contributed by atoms with Crippen molar-refractivity contribution in [3.05, 3.63) is 111 Å². The van der Waals surface area contributed by atoms with E-state index in [-0.39, 0.29) is 13.0 Å². The van der Waals surface area contributed by atoms with E-state index in [1.54, 1.807) is 0 Å². The molecule has 1 unspecified atom stereocenters. The minimum Gasteiger partial charge on any atom is -0.386 e. The molecule has 200 valence electrons. The quantitative estimate of drug-likeness (QED) is 0.214. The molecule has 0 aliphatic rings. The molecule has 0 aliphatic carbocycles. The molecule has 5 nitrogen and oxygen atoms in total. The summed E-state index contributed by atoms with van der Waals surface area (Å²) in [6.45, 7) is 6.73. The predicted molar refractivity (Wildman–Crippen MR) is 149 cm³/mol. The fourth-order valence-corrected chi connectivity index (χ4v) is 7.98. The van der Waals surface area contributed by atoms with E-state index in [1.807, 2.05) is 55.1 Å². The molecule has 3 atom stereocenters. The van der Waals surface area contributed by atoms with Gasteiger partial charge >= 0.3 is 0 Å². The fourth-order valence-electron chi connectivity index (χ4n) is 4.92. The lowest BCUT2D eigenvalue weighted by atomic mass is 10.1. The van der Waals surface area contributed by atoms with Gasteiger partial charge in [0.15, 0.2) is 10.1 Å². The minimum atomic E-state index is -0.875. The lowest BCUT2D eigenvalue weighted by Gasteiger charge is -2.20. The van der Waals surface area contributed by atoms with Crippen LogP contribution in [0.5, 0.6) is 0 Å². The molecule has 38 heavy (non-hydrogen) atoms. The highest BCUT2D eigenvalue weighted by Gasteiger charge is 2.41. The molecular formula is C30H34F2N3O2S+. The number of carbonyl (C=O) groups excluding carboxylic acids is 1. The van der Waals surface area contributed by atoms with Gasteiger partial charge in [-0.2, -0.15) is 0 Å². The van der Waals surface area contributed by atoms with Crippen LogP contribution in [0.25, 0.3) is 5.00 Å². The summed E-state index contributed by atoms with van der Waals surface area (Å²) in [5.74, 6) is -1.88. The number of primary amides is 1. The normalized spacial score (nSPS) is 13.5. The van der Waals surface area contributed by atoms with E-state index >= 15 is 0 Å². The van der Waals surface area contributed by atoms with Crippen LogP contribution < -0.4 is 11.1 Å². The highest BCUT2D eigenvalue weighted by molar-refractivity contribution is 7.35. The Balaban J connectivity index is 1.73. The van der Waals surface area contributed by atoms with E-state index in [1.165, 1.54) is 17.7 Å². The zero-order chi connectivity index (χ0) is 27.4. The van der Waals surface area contributed by atoms with Crippen molar-refractivity contribution >= 4 is 16.4 Å². The first-order valence-electron chi connectivity index (χ1n) is 12.7. The molecule has 2 aromatic heterocycles. The van der Waals surface area contributed by atoms with E-state index in [0.29, 0.717) is 22.7 Å². The average Bonchev–Trinajstić information content (AvgIpc) is 3.49. The number of rotatable bonds is 11. The Kier molecular flexibility index (Phi) is 8.76. The van der Waals surface area contributed by atoms with E-state index in [0.717, 1.165) is 28.5 Å². The summed E-state index contributed by atoms with van der Waals surface area (Å²) in [5, 5.41) is 15.2. The molecule has 4 rings (SSSR count). The number of nitrogens with zero attached hydrogens (tertiary/aromatic N) is 1. The number of hydrogen-bond acceptors (Lipinski definition) is 3. The van der Waals surface area contributed by atoms with Crippen LogP contribution in [-0.2, 0) is 19.4 Å². The molecule has 4 N–H and O–H groups in total. The van der Waals surface area contributed by atoms with Crippen molar-refractivity contribution in [3.63, 3.8) is 0 Å². The maximum Gasteiger partial charge on any atom is 0.264 e. The number of hydrogen-bond donors (Lipinski definition) is 3. The van der Waals surface area contributed by atoms with Crippen LogP contribution >= 0.6 is 10.5 Å². The van der Waals surface area contributed by atoms with Crippen LogP contribution in [-0.4, -0.2) is 28.2 Å². The van der Waals surface area contributed by atoms with Crippen molar-refractivity contribution in [2.75, 3.05) is 6.54 Å². The molecular weight excluding hydrogens is 504 g/mol. The molecule has 2 aromatic carbocycles. The van der Waals surface area contributed by atoms with Crippen molar-refractivity contribution in [1.29, 1.82) is 0 Å². The summed E-state index contributed by atoms with van der Waals surface area (Å²) >= 11 is 0. The molecule has 2 heterocycles. The highest BCUT2D eigenvalue weighted by Crippen LogP contribution is 2.49. The van der Waals surface area contributed by atoms with Crippen LogP contribution in [0.3, 0.4) is 0 Å². The van der Waals surface area contributed by atoms with Crippen LogP contribution in [0.15, 0.2) is 67.0 Å². The van der Waals surface area contributed by atoms with E-state index < -0.39 is 39.4 Å². The van der Waals surface area contributed by atoms with Gasteiger partial charge in [-0.15, -0.1) is 0 Å². The van der Waals surface area contributed by atoms with Gasteiger partial charge < -0.3 is 16.2 Å². The Hall–Kier alpha value is -3.33. The minimum absolute atomic E-state index is 0.216. The SMILES string of the molecule is CCc1cccc(CNC[C@@H](O)[C@H](Cc2cc(F)cc(F)c2)[s+]2c(C)c(C)c(C(N)=O)c2-n2cccc2)c1. The Morgan fingerprint density at radius 1 is 1.03 bits per heavy atom. The monoisotopic (exact) mass is 538 g/mol. The van der Waals surface area contributed by atoms with Crippen molar-refractivity contribution in [2.45, 2.75) is 51.5 Å². The largest absolute Gasteiger partial charge is 0.386 e. The fraction of sp³-hybridized carbons (Fsp3) is 0.300. The molecule has 1 amide bonds. The summed E-state index contributed by atoms with van der Waals surface area (Å²) in [6.07, 6.45) is 3.96. The number of halogens is 2. The smallest absolute Gasteiger partial charge is 0.264 e. The number of aryl methyl sites for hydroxylation is 1. The zero-order valence-electron chi connectivity index (χ0n) is 21.9. The first kappa shape index (κ1) is 27.7. The standard InChI is InChI=1S/C30H33F2N3O2S/c1-4-21-8-7-9-22(12-21)17-34-18-26(36)27(15-23-13-24(31)16-25(32)14-23)38-20(3)19(2)28(29(33)37)30(38)35-10-5-6-11-35/h5-14,16,26-27,34,36H,4,15,17-18H2,1-3H3,(H-,33,37)/p+1/t26-,27+,38?/m1/s1. The average molecular weight is 539 g/mol. The van der Waals surface area contributed by atoms with E-state index in [2.05, 4.69) is 24.4 Å². The summed E-state index contributed by atoms with van der Waals surface area (Å²) < 4.78 is 30.1. The highest BCUT2D eigenvalue weighted by atomic mass is 32.2. The van der Waals surface area contributed by atoms with Gasteiger partial charge in [-0.1, -0.05) is 31.2 Å². The first-order chi connectivity index (χ1) is 18.2. The lowest BCUT2D eigenvalue weighted by molar-refractivity contribution is 0.1000. The number of carbonyl (C=O) groups is 1. The molecule has 0 aliphatic heterocycles. The zero-order valence-corrected chi connectivity index (χ0v) is 22.7. The van der Waals surface area contributed by atoms with Gasteiger partial charge in [0.25, 0.3) is 10.9 Å². The molecule has 0 radical (unpaired) electrons. The van der Waals surface area contributed by atoms with Gasteiger partial charge in [-0.05, 0) is 54.3 Å². The molecule has 4 aromatic rings. The van der Waals surface area contributed by atoms with Crippen molar-refractivity contribution in [3.8, 4) is 5.00 Å². The van der Waals surface area contributed by atoms with Crippen molar-refractivity contribution in [1.82, 2.24) is 9.88 Å². The van der Waals surface area contributed by atoms with Gasteiger partial charge in [0.05, 0.1) is 0 Å². The Labute approximate surface area is 224 Å². The maximum atomic E-state index is 14.1. The number of aromatic nitrogens is 1. The van der Waals surface area contributed by atoms with Crippen molar-refractivity contribution < 1.29 is 18.7 Å². The predicted octanol–water partition coefficient (Wildman–Crippen LogP) is 5.72. The number of nitrogens with two attached hydrogens (primary N) is 1. The first-order valence-corrected chi connectivity index (χ1v) is 14.0.